The van der Waals surface area contributed by atoms with Crippen LogP contribution < -0.4 is 0 Å². The Balaban J connectivity index is 2.16. The Bertz CT molecular complexity index is 580. The summed E-state index contributed by atoms with van der Waals surface area (Å²) in [5, 5.41) is 3.09. The third-order valence-electron chi connectivity index (χ3n) is 3.66. The highest BCUT2D eigenvalue weighted by Crippen LogP contribution is 2.26. The molecule has 1 aromatic heterocycles. The fraction of sp³-hybridized carbons (Fsp3) is 0.471. The van der Waals surface area contributed by atoms with Gasteiger partial charge in [0.1, 0.15) is 5.01 Å². The highest BCUT2D eigenvalue weighted by Gasteiger charge is 2.09. The lowest BCUT2D eigenvalue weighted by atomic mass is 10.0. The summed E-state index contributed by atoms with van der Waals surface area (Å²) >= 11 is 7.49. The quantitative estimate of drug-likeness (QED) is 0.660. The van der Waals surface area contributed by atoms with Crippen molar-refractivity contribution < 1.29 is 0 Å². The minimum Gasteiger partial charge on any atom is -0.299 e. The van der Waals surface area contributed by atoms with Crippen molar-refractivity contribution in [1.29, 1.82) is 0 Å². The predicted molar refractivity (Wildman–Crippen MR) is 93.1 cm³/mol. The maximum Gasteiger partial charge on any atom is 0.123 e. The summed E-state index contributed by atoms with van der Waals surface area (Å²) in [5.74, 6) is 0.482. The van der Waals surface area contributed by atoms with E-state index in [1.54, 1.807) is 11.3 Å². The first-order valence-electron chi connectivity index (χ1n) is 7.50. The number of halogens is 1. The molecular formula is C17H23ClN2S. The average molecular weight is 323 g/mol. The van der Waals surface area contributed by atoms with E-state index in [0.29, 0.717) is 5.88 Å². The van der Waals surface area contributed by atoms with Crippen LogP contribution in [0.3, 0.4) is 0 Å². The molecule has 1 heterocycles. The summed E-state index contributed by atoms with van der Waals surface area (Å²) in [6.45, 7) is 9.93. The standard InChI is InChI=1S/C17H23ClN2S/c1-4-8-20(5-2)11-15-7-6-14(9-13(15)3)17-19-16(10-18)12-21-17/h6-7,9,12H,4-5,8,10-11H2,1-3H3. The molecule has 0 radical (unpaired) electrons. The van der Waals surface area contributed by atoms with Crippen molar-refractivity contribution in [3.63, 3.8) is 0 Å². The Morgan fingerprint density at radius 3 is 2.67 bits per heavy atom. The van der Waals surface area contributed by atoms with Crippen LogP contribution in [0.4, 0.5) is 0 Å². The summed E-state index contributed by atoms with van der Waals surface area (Å²) in [4.78, 5) is 7.04. The Labute approximate surface area is 136 Å². The van der Waals surface area contributed by atoms with Crippen LogP contribution >= 0.6 is 22.9 Å². The van der Waals surface area contributed by atoms with Gasteiger partial charge in [-0.25, -0.2) is 4.98 Å². The van der Waals surface area contributed by atoms with Crippen LogP contribution in [0.2, 0.25) is 0 Å². The molecule has 0 aliphatic carbocycles. The lowest BCUT2D eigenvalue weighted by Gasteiger charge is -2.20. The minimum atomic E-state index is 0.482. The van der Waals surface area contributed by atoms with Gasteiger partial charge in [0.15, 0.2) is 0 Å². The molecule has 0 unspecified atom stereocenters. The number of rotatable bonds is 7. The molecule has 2 aromatic rings. The molecule has 0 aliphatic rings. The zero-order valence-electron chi connectivity index (χ0n) is 13.0. The van der Waals surface area contributed by atoms with Crippen molar-refractivity contribution in [3.05, 3.63) is 40.4 Å². The van der Waals surface area contributed by atoms with Crippen LogP contribution in [-0.4, -0.2) is 23.0 Å². The number of hydrogen-bond acceptors (Lipinski definition) is 3. The van der Waals surface area contributed by atoms with Crippen molar-refractivity contribution in [3.8, 4) is 10.6 Å². The van der Waals surface area contributed by atoms with Crippen molar-refractivity contribution in [2.24, 2.45) is 0 Å². The van der Waals surface area contributed by atoms with Crippen LogP contribution in [0.15, 0.2) is 23.6 Å². The molecule has 4 heteroatoms. The van der Waals surface area contributed by atoms with Gasteiger partial charge < -0.3 is 0 Å². The predicted octanol–water partition coefficient (Wildman–Crippen LogP) is 5.09. The highest BCUT2D eigenvalue weighted by molar-refractivity contribution is 7.13. The zero-order chi connectivity index (χ0) is 15.2. The second kappa shape index (κ2) is 7.92. The Hall–Kier alpha value is -0.900. The molecule has 0 saturated heterocycles. The van der Waals surface area contributed by atoms with E-state index in [-0.39, 0.29) is 0 Å². The lowest BCUT2D eigenvalue weighted by Crippen LogP contribution is -2.23. The third-order valence-corrected chi connectivity index (χ3v) is 4.87. The topological polar surface area (TPSA) is 16.1 Å². The molecule has 2 rings (SSSR count). The molecule has 21 heavy (non-hydrogen) atoms. The van der Waals surface area contributed by atoms with Crippen LogP contribution in [0.1, 0.15) is 37.1 Å². The molecule has 114 valence electrons. The number of benzene rings is 1. The number of hydrogen-bond donors (Lipinski definition) is 0. The van der Waals surface area contributed by atoms with Crippen molar-refractivity contribution in [1.82, 2.24) is 9.88 Å². The zero-order valence-corrected chi connectivity index (χ0v) is 14.6. The summed E-state index contributed by atoms with van der Waals surface area (Å²) in [5.41, 5.74) is 4.89. The maximum atomic E-state index is 5.83. The lowest BCUT2D eigenvalue weighted by molar-refractivity contribution is 0.280. The molecule has 0 aliphatic heterocycles. The Morgan fingerprint density at radius 2 is 2.10 bits per heavy atom. The van der Waals surface area contributed by atoms with E-state index in [1.807, 2.05) is 5.38 Å². The fourth-order valence-corrected chi connectivity index (χ4v) is 3.46. The van der Waals surface area contributed by atoms with Gasteiger partial charge in [0.25, 0.3) is 0 Å². The van der Waals surface area contributed by atoms with E-state index >= 15 is 0 Å². The van der Waals surface area contributed by atoms with Crippen LogP contribution in [-0.2, 0) is 12.4 Å². The monoisotopic (exact) mass is 322 g/mol. The molecule has 0 saturated carbocycles. The number of aromatic nitrogens is 1. The number of thiazole rings is 1. The molecule has 0 fully saturated rings. The normalized spacial score (nSPS) is 11.3. The van der Waals surface area contributed by atoms with Crippen molar-refractivity contribution in [2.45, 2.75) is 39.6 Å². The molecule has 1 aromatic carbocycles. The van der Waals surface area contributed by atoms with Gasteiger partial charge in [0, 0.05) is 17.5 Å². The summed E-state index contributed by atoms with van der Waals surface area (Å²) in [6, 6.07) is 6.66. The Kier molecular flexibility index (Phi) is 6.22. The average Bonchev–Trinajstić information content (AvgIpc) is 2.97. The van der Waals surface area contributed by atoms with Gasteiger partial charge in [-0.2, -0.15) is 0 Å². The van der Waals surface area contributed by atoms with Crippen molar-refractivity contribution >= 4 is 22.9 Å². The Morgan fingerprint density at radius 1 is 1.29 bits per heavy atom. The van der Waals surface area contributed by atoms with E-state index < -0.39 is 0 Å². The van der Waals surface area contributed by atoms with Crippen LogP contribution in [0, 0.1) is 6.92 Å². The van der Waals surface area contributed by atoms with E-state index in [2.05, 4.69) is 48.9 Å². The first-order chi connectivity index (χ1) is 10.2. The van der Waals surface area contributed by atoms with Gasteiger partial charge in [-0.3, -0.25) is 4.90 Å². The molecule has 0 atom stereocenters. The second-order valence-corrected chi connectivity index (χ2v) is 6.41. The first kappa shape index (κ1) is 16.5. The maximum absolute atomic E-state index is 5.83. The van der Waals surface area contributed by atoms with Crippen LogP contribution in [0.25, 0.3) is 10.6 Å². The highest BCUT2D eigenvalue weighted by atomic mass is 35.5. The third kappa shape index (κ3) is 4.29. The van der Waals surface area contributed by atoms with E-state index in [9.17, 15) is 0 Å². The summed E-state index contributed by atoms with van der Waals surface area (Å²) < 4.78 is 0. The number of aryl methyl sites for hydroxylation is 1. The van der Waals surface area contributed by atoms with Gasteiger partial charge in [-0.15, -0.1) is 22.9 Å². The molecule has 0 N–H and O–H groups in total. The van der Waals surface area contributed by atoms with E-state index in [0.717, 1.165) is 30.3 Å². The van der Waals surface area contributed by atoms with Gasteiger partial charge in [0.2, 0.25) is 0 Å². The van der Waals surface area contributed by atoms with Gasteiger partial charge in [0.05, 0.1) is 11.6 Å². The fourth-order valence-electron chi connectivity index (χ4n) is 2.41. The molecule has 0 spiro atoms. The van der Waals surface area contributed by atoms with Gasteiger partial charge in [-0.1, -0.05) is 26.0 Å². The van der Waals surface area contributed by atoms with E-state index in [4.69, 9.17) is 11.6 Å². The molecule has 0 bridgehead atoms. The largest absolute Gasteiger partial charge is 0.299 e. The SMILES string of the molecule is CCCN(CC)Cc1ccc(-c2nc(CCl)cs2)cc1C. The number of nitrogens with zero attached hydrogens (tertiary/aromatic N) is 2. The first-order valence-corrected chi connectivity index (χ1v) is 8.92. The minimum absolute atomic E-state index is 0.482. The smallest absolute Gasteiger partial charge is 0.123 e. The van der Waals surface area contributed by atoms with Crippen LogP contribution in [0.5, 0.6) is 0 Å². The number of alkyl halides is 1. The van der Waals surface area contributed by atoms with Crippen molar-refractivity contribution in [2.75, 3.05) is 13.1 Å². The van der Waals surface area contributed by atoms with E-state index in [1.165, 1.54) is 23.1 Å². The van der Waals surface area contributed by atoms with Gasteiger partial charge in [-0.05, 0) is 43.6 Å². The summed E-state index contributed by atoms with van der Waals surface area (Å²) in [6.07, 6.45) is 1.20. The van der Waals surface area contributed by atoms with Gasteiger partial charge >= 0.3 is 0 Å². The molecule has 0 amide bonds. The second-order valence-electron chi connectivity index (χ2n) is 5.29. The molecule has 2 nitrogen and oxygen atoms in total. The molecular weight excluding hydrogens is 300 g/mol. The summed E-state index contributed by atoms with van der Waals surface area (Å²) in [7, 11) is 0.